The average Bonchev–Trinajstić information content (AvgIpc) is 2.44. The largest absolute Gasteiger partial charge is 0.270 e. The van der Waals surface area contributed by atoms with Crippen LogP contribution in [0.5, 0.6) is 0 Å². The summed E-state index contributed by atoms with van der Waals surface area (Å²) in [7, 11) is 0. The minimum Gasteiger partial charge on any atom is -0.270 e. The highest BCUT2D eigenvalue weighted by Crippen LogP contribution is 2.28. The van der Waals surface area contributed by atoms with Gasteiger partial charge in [0.1, 0.15) is 5.82 Å². The Bertz CT molecular complexity index is 462. The maximum Gasteiger partial charge on any atom is 0.123 e. The first-order valence-corrected chi connectivity index (χ1v) is 7.47. The van der Waals surface area contributed by atoms with Gasteiger partial charge >= 0.3 is 0 Å². The van der Waals surface area contributed by atoms with Crippen molar-refractivity contribution in [3.8, 4) is 0 Å². The van der Waals surface area contributed by atoms with Crippen molar-refractivity contribution in [2.24, 2.45) is 10.9 Å². The SMILES string of the molecule is C=CC(C)C(N=C(/C=C/C)SC)c1ccc(F)cc1. The fourth-order valence-electron chi connectivity index (χ4n) is 1.73. The highest BCUT2D eigenvalue weighted by atomic mass is 32.2. The summed E-state index contributed by atoms with van der Waals surface area (Å²) in [6.07, 6.45) is 7.83. The molecule has 1 rings (SSSR count). The fourth-order valence-corrected chi connectivity index (χ4v) is 2.22. The van der Waals surface area contributed by atoms with Gasteiger partial charge in [0.2, 0.25) is 0 Å². The Labute approximate surface area is 119 Å². The Morgan fingerprint density at radius 3 is 2.47 bits per heavy atom. The van der Waals surface area contributed by atoms with Crippen LogP contribution in [0.4, 0.5) is 4.39 Å². The third-order valence-electron chi connectivity index (χ3n) is 2.87. The third kappa shape index (κ3) is 4.67. The van der Waals surface area contributed by atoms with Gasteiger partial charge in [-0.2, -0.15) is 0 Å². The number of benzene rings is 1. The Morgan fingerprint density at radius 1 is 1.37 bits per heavy atom. The van der Waals surface area contributed by atoms with Crippen molar-refractivity contribution in [2.45, 2.75) is 19.9 Å². The van der Waals surface area contributed by atoms with Gasteiger partial charge in [-0.25, -0.2) is 4.39 Å². The molecule has 0 aliphatic heterocycles. The number of thioether (sulfide) groups is 1. The van der Waals surface area contributed by atoms with Crippen LogP contribution >= 0.6 is 11.8 Å². The number of hydrogen-bond donors (Lipinski definition) is 0. The molecule has 1 aromatic rings. The van der Waals surface area contributed by atoms with Crippen molar-refractivity contribution >= 4 is 16.8 Å². The van der Waals surface area contributed by atoms with Gasteiger partial charge in [-0.05, 0) is 37.0 Å². The van der Waals surface area contributed by atoms with E-state index in [9.17, 15) is 4.39 Å². The molecule has 0 aliphatic carbocycles. The van der Waals surface area contributed by atoms with E-state index in [2.05, 4.69) is 13.5 Å². The maximum absolute atomic E-state index is 13.0. The molecule has 0 aliphatic rings. The average molecular weight is 277 g/mol. The molecule has 0 amide bonds. The zero-order valence-electron chi connectivity index (χ0n) is 11.6. The molecule has 2 unspecified atom stereocenters. The molecule has 0 heterocycles. The Balaban J connectivity index is 3.14. The summed E-state index contributed by atoms with van der Waals surface area (Å²) in [4.78, 5) is 4.75. The second-order valence-corrected chi connectivity index (χ2v) is 5.09. The third-order valence-corrected chi connectivity index (χ3v) is 3.53. The van der Waals surface area contributed by atoms with Crippen molar-refractivity contribution in [1.29, 1.82) is 0 Å². The van der Waals surface area contributed by atoms with Crippen molar-refractivity contribution in [2.75, 3.05) is 6.26 Å². The summed E-state index contributed by atoms with van der Waals surface area (Å²) < 4.78 is 13.0. The molecule has 1 nitrogen and oxygen atoms in total. The molecule has 0 fully saturated rings. The van der Waals surface area contributed by atoms with Crippen LogP contribution in [0, 0.1) is 11.7 Å². The molecule has 19 heavy (non-hydrogen) atoms. The minimum atomic E-state index is -0.226. The molecule has 0 N–H and O–H groups in total. The summed E-state index contributed by atoms with van der Waals surface area (Å²) in [6, 6.07) is 6.50. The van der Waals surface area contributed by atoms with Gasteiger partial charge in [0.25, 0.3) is 0 Å². The molecule has 0 radical (unpaired) electrons. The highest BCUT2D eigenvalue weighted by Gasteiger charge is 2.16. The molecule has 102 valence electrons. The van der Waals surface area contributed by atoms with Crippen LogP contribution in [0.25, 0.3) is 0 Å². The summed E-state index contributed by atoms with van der Waals surface area (Å²) in [5.74, 6) is -0.0332. The predicted molar refractivity (Wildman–Crippen MR) is 84.3 cm³/mol. The fraction of sp³-hybridized carbons (Fsp3) is 0.312. The van der Waals surface area contributed by atoms with E-state index in [0.29, 0.717) is 0 Å². The molecular weight excluding hydrogens is 257 g/mol. The normalized spacial score (nSPS) is 15.5. The number of halogens is 1. The minimum absolute atomic E-state index is 0.0308. The van der Waals surface area contributed by atoms with Gasteiger partial charge in [-0.1, -0.05) is 31.2 Å². The van der Waals surface area contributed by atoms with E-state index in [1.54, 1.807) is 23.9 Å². The monoisotopic (exact) mass is 277 g/mol. The number of allylic oxidation sites excluding steroid dienone is 1. The summed E-state index contributed by atoms with van der Waals surface area (Å²) in [6.45, 7) is 7.87. The first-order valence-electron chi connectivity index (χ1n) is 6.24. The van der Waals surface area contributed by atoms with Crippen molar-refractivity contribution < 1.29 is 4.39 Å². The van der Waals surface area contributed by atoms with E-state index in [0.717, 1.165) is 10.6 Å². The van der Waals surface area contributed by atoms with E-state index in [1.165, 1.54) is 12.1 Å². The summed E-state index contributed by atoms with van der Waals surface area (Å²) >= 11 is 1.60. The second kappa shape index (κ2) is 7.95. The molecule has 0 spiro atoms. The van der Waals surface area contributed by atoms with Crippen LogP contribution in [0.3, 0.4) is 0 Å². The van der Waals surface area contributed by atoms with Gasteiger partial charge in [0, 0.05) is 5.92 Å². The van der Waals surface area contributed by atoms with Gasteiger partial charge in [0.05, 0.1) is 11.1 Å². The lowest BCUT2D eigenvalue weighted by Crippen LogP contribution is -2.07. The molecule has 0 saturated carbocycles. The Morgan fingerprint density at radius 2 is 2.00 bits per heavy atom. The standard InChI is InChI=1S/C16H20FNS/c1-5-7-15(19-4)18-16(12(3)6-2)13-8-10-14(17)11-9-13/h5-12,16H,2H2,1,3-4H3/b7-5+,18-15?. The molecule has 3 heteroatoms. The smallest absolute Gasteiger partial charge is 0.123 e. The Hall–Kier alpha value is -1.35. The van der Waals surface area contributed by atoms with Crippen LogP contribution in [-0.2, 0) is 0 Å². The molecule has 1 aromatic carbocycles. The quantitative estimate of drug-likeness (QED) is 0.418. The van der Waals surface area contributed by atoms with Crippen LogP contribution < -0.4 is 0 Å². The maximum atomic E-state index is 13.0. The van der Waals surface area contributed by atoms with Gasteiger partial charge in [-0.15, -0.1) is 18.3 Å². The van der Waals surface area contributed by atoms with Gasteiger partial charge in [0.15, 0.2) is 0 Å². The lowest BCUT2D eigenvalue weighted by atomic mass is 9.95. The number of hydrogen-bond acceptors (Lipinski definition) is 2. The molecule has 0 bridgehead atoms. The first-order chi connectivity index (χ1) is 9.12. The summed E-state index contributed by atoms with van der Waals surface area (Å²) in [5.41, 5.74) is 1.00. The lowest BCUT2D eigenvalue weighted by Gasteiger charge is -2.18. The molecule has 0 aromatic heterocycles. The molecule has 2 atom stereocenters. The second-order valence-electron chi connectivity index (χ2n) is 4.26. The van der Waals surface area contributed by atoms with Crippen LogP contribution in [0.1, 0.15) is 25.5 Å². The Kier molecular flexibility index (Phi) is 6.57. The zero-order valence-corrected chi connectivity index (χ0v) is 12.5. The topological polar surface area (TPSA) is 12.4 Å². The summed E-state index contributed by atoms with van der Waals surface area (Å²) in [5, 5.41) is 0.963. The number of rotatable bonds is 5. The first kappa shape index (κ1) is 15.7. The highest BCUT2D eigenvalue weighted by molar-refractivity contribution is 8.13. The van der Waals surface area contributed by atoms with Crippen LogP contribution in [0.15, 0.2) is 54.1 Å². The van der Waals surface area contributed by atoms with Crippen molar-refractivity contribution in [3.05, 3.63) is 60.5 Å². The molecule has 0 saturated heterocycles. The molecular formula is C16H20FNS. The number of nitrogens with zero attached hydrogens (tertiary/aromatic N) is 1. The van der Waals surface area contributed by atoms with Crippen LogP contribution in [-0.4, -0.2) is 11.3 Å². The van der Waals surface area contributed by atoms with E-state index >= 15 is 0 Å². The van der Waals surface area contributed by atoms with Gasteiger partial charge < -0.3 is 0 Å². The van der Waals surface area contributed by atoms with E-state index in [1.807, 2.05) is 31.4 Å². The van der Waals surface area contributed by atoms with E-state index in [-0.39, 0.29) is 17.8 Å². The van der Waals surface area contributed by atoms with Crippen LogP contribution in [0.2, 0.25) is 0 Å². The van der Waals surface area contributed by atoms with E-state index < -0.39 is 0 Å². The zero-order chi connectivity index (χ0) is 14.3. The lowest BCUT2D eigenvalue weighted by molar-refractivity contribution is 0.568. The predicted octanol–water partition coefficient (Wildman–Crippen LogP) is 5.03. The number of aliphatic imine (C=N–C) groups is 1. The van der Waals surface area contributed by atoms with Gasteiger partial charge in [-0.3, -0.25) is 4.99 Å². The van der Waals surface area contributed by atoms with Crippen molar-refractivity contribution in [1.82, 2.24) is 0 Å². The van der Waals surface area contributed by atoms with E-state index in [4.69, 9.17) is 4.99 Å². The van der Waals surface area contributed by atoms with Crippen molar-refractivity contribution in [3.63, 3.8) is 0 Å².